The maximum atomic E-state index is 12.1. The lowest BCUT2D eigenvalue weighted by Gasteiger charge is -2.14. The summed E-state index contributed by atoms with van der Waals surface area (Å²) < 4.78 is 40.1. The number of rotatable bonds is 6. The second kappa shape index (κ2) is 7.64. The predicted octanol–water partition coefficient (Wildman–Crippen LogP) is 1.38. The minimum absolute atomic E-state index is 0.127. The minimum atomic E-state index is -4.81. The number of nitrogens with one attached hydrogen (secondary N) is 2. The van der Waals surface area contributed by atoms with E-state index >= 15 is 0 Å². The molecule has 0 saturated carbocycles. The van der Waals surface area contributed by atoms with Gasteiger partial charge in [0.25, 0.3) is 0 Å². The summed E-state index contributed by atoms with van der Waals surface area (Å²) in [5, 5.41) is 4.87. The molecule has 0 aliphatic carbocycles. The van der Waals surface area contributed by atoms with Crippen molar-refractivity contribution in [1.29, 1.82) is 0 Å². The van der Waals surface area contributed by atoms with Gasteiger partial charge in [-0.25, -0.2) is 0 Å². The third kappa shape index (κ3) is 6.93. The summed E-state index contributed by atoms with van der Waals surface area (Å²) >= 11 is 0. The van der Waals surface area contributed by atoms with Gasteiger partial charge in [0, 0.05) is 25.2 Å². The molecule has 0 aliphatic rings. The van der Waals surface area contributed by atoms with E-state index in [-0.39, 0.29) is 24.6 Å². The number of carbonyl (C=O) groups excluding carboxylic acids is 2. The molecule has 0 fully saturated rings. The molecule has 0 aromatic heterocycles. The smallest absolute Gasteiger partial charge is 0.406 e. The molecule has 1 rings (SSSR count). The maximum Gasteiger partial charge on any atom is 0.573 e. The second-order valence-corrected chi connectivity index (χ2v) is 4.44. The molecule has 0 unspecified atom stereocenters. The number of ether oxygens (including phenoxy) is 1. The van der Waals surface area contributed by atoms with E-state index < -0.39 is 24.1 Å². The van der Waals surface area contributed by atoms with Crippen LogP contribution < -0.4 is 21.1 Å². The number of nitrogens with two attached hydrogens (primary N) is 1. The van der Waals surface area contributed by atoms with Gasteiger partial charge in [0.15, 0.2) is 0 Å². The third-order valence-electron chi connectivity index (χ3n) is 2.50. The number of hydrogen-bond acceptors (Lipinski definition) is 4. The summed E-state index contributed by atoms with van der Waals surface area (Å²) in [6.07, 6.45) is -4.61. The van der Waals surface area contributed by atoms with Crippen LogP contribution in [0, 0.1) is 0 Å². The Hall–Kier alpha value is -2.29. The SMILES string of the molecule is CC(=O)NCC[C@@H](N)C(=O)Nc1cccc(OC(F)(F)F)c1. The second-order valence-electron chi connectivity index (χ2n) is 4.44. The molecule has 0 saturated heterocycles. The van der Waals surface area contributed by atoms with E-state index in [1.54, 1.807) is 0 Å². The molecule has 0 heterocycles. The fourth-order valence-electron chi connectivity index (χ4n) is 1.54. The molecule has 1 aromatic rings. The first kappa shape index (κ1) is 17.8. The van der Waals surface area contributed by atoms with Gasteiger partial charge < -0.3 is 21.1 Å². The zero-order valence-electron chi connectivity index (χ0n) is 11.7. The molecular weight excluding hydrogens is 303 g/mol. The van der Waals surface area contributed by atoms with Crippen LogP contribution in [0.4, 0.5) is 18.9 Å². The Balaban J connectivity index is 2.56. The van der Waals surface area contributed by atoms with Crippen molar-refractivity contribution in [3.05, 3.63) is 24.3 Å². The van der Waals surface area contributed by atoms with Gasteiger partial charge in [-0.1, -0.05) is 6.07 Å². The molecule has 122 valence electrons. The number of carbonyl (C=O) groups is 2. The Kier molecular flexibility index (Phi) is 6.17. The van der Waals surface area contributed by atoms with Crippen LogP contribution in [0.1, 0.15) is 13.3 Å². The van der Waals surface area contributed by atoms with Gasteiger partial charge in [-0.05, 0) is 18.6 Å². The van der Waals surface area contributed by atoms with Crippen LogP contribution in [0.3, 0.4) is 0 Å². The van der Waals surface area contributed by atoms with Crippen molar-refractivity contribution in [2.45, 2.75) is 25.7 Å². The van der Waals surface area contributed by atoms with Crippen molar-refractivity contribution in [2.24, 2.45) is 5.73 Å². The first-order chi connectivity index (χ1) is 10.2. The summed E-state index contributed by atoms with van der Waals surface area (Å²) in [6.45, 7) is 1.55. The number of hydrogen-bond donors (Lipinski definition) is 3. The van der Waals surface area contributed by atoms with Crippen molar-refractivity contribution in [1.82, 2.24) is 5.32 Å². The van der Waals surface area contributed by atoms with Crippen molar-refractivity contribution in [2.75, 3.05) is 11.9 Å². The summed E-state index contributed by atoms with van der Waals surface area (Å²) in [6, 6.07) is 3.95. The van der Waals surface area contributed by atoms with Crippen LogP contribution in [-0.2, 0) is 9.59 Å². The van der Waals surface area contributed by atoms with E-state index in [4.69, 9.17) is 5.73 Å². The van der Waals surface area contributed by atoms with E-state index in [1.807, 2.05) is 0 Å². The Morgan fingerprint density at radius 3 is 2.64 bits per heavy atom. The van der Waals surface area contributed by atoms with Crippen LogP contribution in [-0.4, -0.2) is 30.8 Å². The highest BCUT2D eigenvalue weighted by atomic mass is 19.4. The highest BCUT2D eigenvalue weighted by Gasteiger charge is 2.31. The molecule has 1 atom stereocenters. The van der Waals surface area contributed by atoms with Crippen LogP contribution in [0.2, 0.25) is 0 Å². The molecule has 6 nitrogen and oxygen atoms in total. The van der Waals surface area contributed by atoms with E-state index in [2.05, 4.69) is 15.4 Å². The Bertz CT molecular complexity index is 535. The molecule has 1 aromatic carbocycles. The van der Waals surface area contributed by atoms with Crippen molar-refractivity contribution in [3.8, 4) is 5.75 Å². The van der Waals surface area contributed by atoms with Crippen LogP contribution in [0.5, 0.6) is 5.75 Å². The van der Waals surface area contributed by atoms with Crippen molar-refractivity contribution < 1.29 is 27.5 Å². The molecular formula is C13H16F3N3O3. The fraction of sp³-hybridized carbons (Fsp3) is 0.385. The minimum Gasteiger partial charge on any atom is -0.406 e. The Morgan fingerprint density at radius 1 is 1.36 bits per heavy atom. The third-order valence-corrected chi connectivity index (χ3v) is 2.50. The highest BCUT2D eigenvalue weighted by molar-refractivity contribution is 5.94. The van der Waals surface area contributed by atoms with Crippen LogP contribution >= 0.6 is 0 Å². The topological polar surface area (TPSA) is 93.5 Å². The van der Waals surface area contributed by atoms with Gasteiger partial charge in [-0.2, -0.15) is 0 Å². The normalized spacial score (nSPS) is 12.4. The van der Waals surface area contributed by atoms with Crippen LogP contribution in [0.25, 0.3) is 0 Å². The molecule has 4 N–H and O–H groups in total. The first-order valence-electron chi connectivity index (χ1n) is 6.34. The average Bonchev–Trinajstić information content (AvgIpc) is 2.36. The summed E-state index contributed by atoms with van der Waals surface area (Å²) in [7, 11) is 0. The Labute approximate surface area is 124 Å². The van der Waals surface area contributed by atoms with Gasteiger partial charge in [0.1, 0.15) is 5.75 Å². The van der Waals surface area contributed by atoms with Crippen molar-refractivity contribution in [3.63, 3.8) is 0 Å². The summed E-state index contributed by atoms with van der Waals surface area (Å²) in [5.41, 5.74) is 5.74. The maximum absolute atomic E-state index is 12.1. The summed E-state index contributed by atoms with van der Waals surface area (Å²) in [5.74, 6) is -1.27. The standard InChI is InChI=1S/C13H16F3N3O3/c1-8(20)18-6-5-11(17)12(21)19-9-3-2-4-10(7-9)22-13(14,15)16/h2-4,7,11H,5-6,17H2,1H3,(H,18,20)(H,19,21)/t11-/m1/s1. The zero-order valence-corrected chi connectivity index (χ0v) is 11.7. The molecule has 0 radical (unpaired) electrons. The largest absolute Gasteiger partial charge is 0.573 e. The van der Waals surface area contributed by atoms with Crippen molar-refractivity contribution >= 4 is 17.5 Å². The zero-order chi connectivity index (χ0) is 16.8. The van der Waals surface area contributed by atoms with E-state index in [0.717, 1.165) is 12.1 Å². The van der Waals surface area contributed by atoms with Gasteiger partial charge >= 0.3 is 6.36 Å². The lowest BCUT2D eigenvalue weighted by molar-refractivity contribution is -0.274. The van der Waals surface area contributed by atoms with E-state index in [1.165, 1.54) is 19.1 Å². The summed E-state index contributed by atoms with van der Waals surface area (Å²) in [4.78, 5) is 22.5. The Morgan fingerprint density at radius 2 is 2.05 bits per heavy atom. The van der Waals surface area contributed by atoms with Crippen LogP contribution in [0.15, 0.2) is 24.3 Å². The average molecular weight is 319 g/mol. The highest BCUT2D eigenvalue weighted by Crippen LogP contribution is 2.25. The monoisotopic (exact) mass is 319 g/mol. The molecule has 0 aliphatic heterocycles. The van der Waals surface area contributed by atoms with E-state index in [0.29, 0.717) is 0 Å². The number of alkyl halides is 3. The quantitative estimate of drug-likeness (QED) is 0.738. The number of halogens is 3. The predicted molar refractivity (Wildman–Crippen MR) is 73.0 cm³/mol. The van der Waals surface area contributed by atoms with Gasteiger partial charge in [0.2, 0.25) is 11.8 Å². The van der Waals surface area contributed by atoms with Gasteiger partial charge in [-0.3, -0.25) is 9.59 Å². The number of amides is 2. The first-order valence-corrected chi connectivity index (χ1v) is 6.34. The van der Waals surface area contributed by atoms with Gasteiger partial charge in [0.05, 0.1) is 6.04 Å². The molecule has 22 heavy (non-hydrogen) atoms. The molecule has 0 bridgehead atoms. The lowest BCUT2D eigenvalue weighted by Crippen LogP contribution is -2.38. The number of anilines is 1. The fourth-order valence-corrected chi connectivity index (χ4v) is 1.54. The lowest BCUT2D eigenvalue weighted by atomic mass is 10.2. The molecule has 2 amide bonds. The molecule has 9 heteroatoms. The molecule has 0 spiro atoms. The number of benzene rings is 1. The van der Waals surface area contributed by atoms with E-state index in [9.17, 15) is 22.8 Å². The van der Waals surface area contributed by atoms with Gasteiger partial charge in [-0.15, -0.1) is 13.2 Å².